The second kappa shape index (κ2) is 11.0. The van der Waals surface area contributed by atoms with Crippen molar-refractivity contribution in [1.29, 1.82) is 0 Å². The summed E-state index contributed by atoms with van der Waals surface area (Å²) < 4.78 is 5.82. The molecule has 2 aliphatic heterocycles. The first-order chi connectivity index (χ1) is 11.2. The molecule has 0 saturated carbocycles. The zero-order valence-corrected chi connectivity index (χ0v) is 16.1. The standard InChI is InChI=1S/C18H27N3O2.2ClH/c19-11-16-6-7-21(13-16)18(22)10-17-14-20(8-9-23-17)12-15-4-2-1-3-5-15;;/h1-5,16-17H,6-14,19H2;2*1H. The highest BCUT2D eigenvalue weighted by molar-refractivity contribution is 5.85. The smallest absolute Gasteiger partial charge is 0.225 e. The molecule has 0 bridgehead atoms. The molecular weight excluding hydrogens is 361 g/mol. The highest BCUT2D eigenvalue weighted by Gasteiger charge is 2.29. The summed E-state index contributed by atoms with van der Waals surface area (Å²) in [5.41, 5.74) is 7.01. The normalized spacial score (nSPS) is 23.6. The Labute approximate surface area is 162 Å². The van der Waals surface area contributed by atoms with Gasteiger partial charge in [0.2, 0.25) is 5.91 Å². The number of rotatable bonds is 5. The summed E-state index contributed by atoms with van der Waals surface area (Å²) in [6.07, 6.45) is 1.54. The minimum atomic E-state index is 0. The summed E-state index contributed by atoms with van der Waals surface area (Å²) in [7, 11) is 0. The van der Waals surface area contributed by atoms with Gasteiger partial charge in [0.25, 0.3) is 0 Å². The molecule has 2 fully saturated rings. The lowest BCUT2D eigenvalue weighted by Gasteiger charge is -2.33. The fourth-order valence-electron chi connectivity index (χ4n) is 3.46. The molecule has 1 aromatic carbocycles. The van der Waals surface area contributed by atoms with Gasteiger partial charge in [-0.05, 0) is 24.4 Å². The number of hydrogen-bond acceptors (Lipinski definition) is 4. The van der Waals surface area contributed by atoms with Crippen LogP contribution in [0.4, 0.5) is 0 Å². The van der Waals surface area contributed by atoms with E-state index >= 15 is 0 Å². The van der Waals surface area contributed by atoms with E-state index in [1.165, 1.54) is 5.56 Å². The van der Waals surface area contributed by atoms with Crippen LogP contribution < -0.4 is 5.73 Å². The Kier molecular flexibility index (Phi) is 9.75. The van der Waals surface area contributed by atoms with E-state index in [0.717, 1.165) is 39.1 Å². The highest BCUT2D eigenvalue weighted by Crippen LogP contribution is 2.18. The third-order valence-corrected chi connectivity index (χ3v) is 4.85. The Morgan fingerprint density at radius 2 is 1.92 bits per heavy atom. The average Bonchev–Trinajstić information content (AvgIpc) is 3.05. The van der Waals surface area contributed by atoms with E-state index in [2.05, 4.69) is 29.2 Å². The van der Waals surface area contributed by atoms with Gasteiger partial charge in [-0.25, -0.2) is 0 Å². The van der Waals surface area contributed by atoms with Crippen molar-refractivity contribution in [2.24, 2.45) is 11.7 Å². The summed E-state index contributed by atoms with van der Waals surface area (Å²) in [4.78, 5) is 16.8. The number of morpholine rings is 1. The number of benzene rings is 1. The van der Waals surface area contributed by atoms with Crippen LogP contribution in [0.5, 0.6) is 0 Å². The second-order valence-corrected chi connectivity index (χ2v) is 6.65. The number of halogens is 2. The zero-order chi connectivity index (χ0) is 16.1. The molecule has 1 amide bonds. The van der Waals surface area contributed by atoms with Gasteiger partial charge in [0.15, 0.2) is 0 Å². The van der Waals surface area contributed by atoms with Crippen LogP contribution in [0.3, 0.4) is 0 Å². The van der Waals surface area contributed by atoms with Crippen LogP contribution in [0.25, 0.3) is 0 Å². The topological polar surface area (TPSA) is 58.8 Å². The van der Waals surface area contributed by atoms with E-state index in [1.54, 1.807) is 0 Å². The van der Waals surface area contributed by atoms with Crippen molar-refractivity contribution in [1.82, 2.24) is 9.80 Å². The van der Waals surface area contributed by atoms with E-state index in [-0.39, 0.29) is 36.8 Å². The number of hydrogen-bond donors (Lipinski definition) is 1. The van der Waals surface area contributed by atoms with Gasteiger partial charge in [-0.15, -0.1) is 24.8 Å². The molecule has 142 valence electrons. The van der Waals surface area contributed by atoms with E-state index < -0.39 is 0 Å². The van der Waals surface area contributed by atoms with Gasteiger partial charge in [-0.2, -0.15) is 0 Å². The molecule has 25 heavy (non-hydrogen) atoms. The Hall–Kier alpha value is -0.850. The quantitative estimate of drug-likeness (QED) is 0.835. The van der Waals surface area contributed by atoms with Crippen LogP contribution in [0.15, 0.2) is 30.3 Å². The summed E-state index contributed by atoms with van der Waals surface area (Å²) >= 11 is 0. The van der Waals surface area contributed by atoms with Gasteiger partial charge in [-0.1, -0.05) is 30.3 Å². The minimum Gasteiger partial charge on any atom is -0.375 e. The average molecular weight is 390 g/mol. The van der Waals surface area contributed by atoms with Gasteiger partial charge in [-0.3, -0.25) is 9.69 Å². The lowest BCUT2D eigenvalue weighted by molar-refractivity contribution is -0.135. The fraction of sp³-hybridized carbons (Fsp3) is 0.611. The fourth-order valence-corrected chi connectivity index (χ4v) is 3.46. The molecule has 2 aliphatic rings. The number of likely N-dealkylation sites (tertiary alicyclic amines) is 1. The first-order valence-corrected chi connectivity index (χ1v) is 8.60. The predicted molar refractivity (Wildman–Crippen MR) is 104 cm³/mol. The maximum Gasteiger partial charge on any atom is 0.225 e. The molecule has 2 atom stereocenters. The van der Waals surface area contributed by atoms with Crippen LogP contribution in [-0.2, 0) is 16.1 Å². The van der Waals surface area contributed by atoms with Gasteiger partial charge in [0, 0.05) is 32.7 Å². The monoisotopic (exact) mass is 389 g/mol. The molecule has 2 unspecified atom stereocenters. The zero-order valence-electron chi connectivity index (χ0n) is 14.5. The van der Waals surface area contributed by atoms with Crippen molar-refractivity contribution in [3.05, 3.63) is 35.9 Å². The molecule has 1 aromatic rings. The third kappa shape index (κ3) is 6.42. The second-order valence-electron chi connectivity index (χ2n) is 6.65. The summed E-state index contributed by atoms with van der Waals surface area (Å²) in [5, 5.41) is 0. The molecule has 3 rings (SSSR count). The number of carbonyl (C=O) groups is 1. The molecule has 7 heteroatoms. The van der Waals surface area contributed by atoms with Crippen molar-refractivity contribution in [2.45, 2.75) is 25.5 Å². The molecule has 0 spiro atoms. The van der Waals surface area contributed by atoms with E-state index in [9.17, 15) is 4.79 Å². The first-order valence-electron chi connectivity index (χ1n) is 8.60. The third-order valence-electron chi connectivity index (χ3n) is 4.85. The minimum absolute atomic E-state index is 0. The maximum atomic E-state index is 12.4. The Morgan fingerprint density at radius 3 is 2.60 bits per heavy atom. The van der Waals surface area contributed by atoms with Crippen LogP contribution in [0.2, 0.25) is 0 Å². The Balaban J connectivity index is 0.00000156. The Morgan fingerprint density at radius 1 is 1.16 bits per heavy atom. The SMILES string of the molecule is Cl.Cl.NCC1CCN(C(=O)CC2CN(Cc3ccccc3)CCO2)C1. The summed E-state index contributed by atoms with van der Waals surface area (Å²) in [6.45, 7) is 5.73. The van der Waals surface area contributed by atoms with Crippen molar-refractivity contribution in [2.75, 3.05) is 39.3 Å². The summed E-state index contributed by atoms with van der Waals surface area (Å²) in [5.74, 6) is 0.688. The van der Waals surface area contributed by atoms with Crippen molar-refractivity contribution < 1.29 is 9.53 Å². The van der Waals surface area contributed by atoms with Crippen LogP contribution >= 0.6 is 24.8 Å². The van der Waals surface area contributed by atoms with Gasteiger partial charge in [0.05, 0.1) is 19.1 Å². The predicted octanol–water partition coefficient (Wildman–Crippen LogP) is 1.93. The Bertz CT molecular complexity index is 518. The van der Waals surface area contributed by atoms with E-state index in [0.29, 0.717) is 25.5 Å². The van der Waals surface area contributed by atoms with E-state index in [1.807, 2.05) is 11.0 Å². The molecule has 2 heterocycles. The summed E-state index contributed by atoms with van der Waals surface area (Å²) in [6, 6.07) is 10.5. The largest absolute Gasteiger partial charge is 0.375 e. The van der Waals surface area contributed by atoms with Gasteiger partial charge in [0.1, 0.15) is 0 Å². The number of nitrogens with two attached hydrogens (primary N) is 1. The van der Waals surface area contributed by atoms with Crippen LogP contribution in [0.1, 0.15) is 18.4 Å². The molecule has 0 aliphatic carbocycles. The van der Waals surface area contributed by atoms with Crippen LogP contribution in [0, 0.1) is 5.92 Å². The number of nitrogens with zero attached hydrogens (tertiary/aromatic N) is 2. The number of ether oxygens (including phenoxy) is 1. The molecule has 5 nitrogen and oxygen atoms in total. The van der Waals surface area contributed by atoms with Crippen LogP contribution in [-0.4, -0.2) is 61.1 Å². The number of amides is 1. The van der Waals surface area contributed by atoms with Crippen molar-refractivity contribution in [3.63, 3.8) is 0 Å². The molecule has 0 radical (unpaired) electrons. The van der Waals surface area contributed by atoms with Gasteiger partial charge < -0.3 is 15.4 Å². The van der Waals surface area contributed by atoms with Gasteiger partial charge >= 0.3 is 0 Å². The number of carbonyl (C=O) groups excluding carboxylic acids is 1. The lowest BCUT2D eigenvalue weighted by Crippen LogP contribution is -2.44. The highest BCUT2D eigenvalue weighted by atomic mass is 35.5. The molecule has 2 N–H and O–H groups in total. The first kappa shape index (κ1) is 22.2. The molecule has 2 saturated heterocycles. The maximum absolute atomic E-state index is 12.4. The lowest BCUT2D eigenvalue weighted by atomic mass is 10.1. The van der Waals surface area contributed by atoms with Crippen molar-refractivity contribution >= 4 is 30.7 Å². The van der Waals surface area contributed by atoms with Crippen molar-refractivity contribution in [3.8, 4) is 0 Å². The van der Waals surface area contributed by atoms with E-state index in [4.69, 9.17) is 10.5 Å². The molecule has 0 aromatic heterocycles. The molecular formula is C18H29Cl2N3O2.